The second-order valence-electron chi connectivity index (χ2n) is 3.91. The second kappa shape index (κ2) is 4.74. The summed E-state index contributed by atoms with van der Waals surface area (Å²) in [5, 5.41) is 15.7. The third kappa shape index (κ3) is 2.98. The van der Waals surface area contributed by atoms with Gasteiger partial charge in [0.25, 0.3) is 5.08 Å². The van der Waals surface area contributed by atoms with E-state index in [-0.39, 0.29) is 5.75 Å². The standard InChI is InChI=1S/C8H13NO7P2/c1-17(12,13)8(11,18(14,15)16)6-9-4-2-3-7(10)5-9/h2-5,11H,6H2,1H3,(H3-,10,12,13,14,15,16). The molecule has 102 valence electrons. The Kier molecular flexibility index (Phi) is 4.03. The maximum absolute atomic E-state index is 11.5. The van der Waals surface area contributed by atoms with Gasteiger partial charge in [-0.15, -0.1) is 0 Å². The van der Waals surface area contributed by atoms with Crippen LogP contribution in [0.4, 0.5) is 0 Å². The van der Waals surface area contributed by atoms with Gasteiger partial charge in [0.05, 0.1) is 0 Å². The Morgan fingerprint density at radius 2 is 2.00 bits per heavy atom. The van der Waals surface area contributed by atoms with Gasteiger partial charge in [0.1, 0.15) is 0 Å². The molecule has 0 saturated carbocycles. The Morgan fingerprint density at radius 1 is 1.44 bits per heavy atom. The molecule has 0 spiro atoms. The number of rotatable bonds is 4. The summed E-state index contributed by atoms with van der Waals surface area (Å²) >= 11 is 0. The Hall–Kier alpha value is -0.750. The van der Waals surface area contributed by atoms with Crippen molar-refractivity contribution in [1.29, 1.82) is 0 Å². The predicted octanol–water partition coefficient (Wildman–Crippen LogP) is -1.23. The molecule has 1 aromatic heterocycles. The highest BCUT2D eigenvalue weighted by Gasteiger charge is 2.54. The number of hydrogen-bond acceptors (Lipinski definition) is 5. The largest absolute Gasteiger partial charge is 0.776 e. The lowest BCUT2D eigenvalue weighted by Crippen LogP contribution is -2.48. The van der Waals surface area contributed by atoms with Crippen molar-refractivity contribution >= 4 is 15.0 Å². The van der Waals surface area contributed by atoms with Crippen LogP contribution in [0.1, 0.15) is 0 Å². The van der Waals surface area contributed by atoms with Gasteiger partial charge in [-0.05, 0) is 6.07 Å². The Labute approximate surface area is 103 Å². The predicted molar refractivity (Wildman–Crippen MR) is 58.8 cm³/mol. The number of hydrogen-bond donors (Lipinski definition) is 4. The van der Waals surface area contributed by atoms with Gasteiger partial charge in [-0.3, -0.25) is 4.57 Å². The molecule has 3 atom stereocenters. The molecule has 1 rings (SSSR count). The molecule has 0 radical (unpaired) electrons. The van der Waals surface area contributed by atoms with E-state index in [9.17, 15) is 29.1 Å². The Morgan fingerprint density at radius 3 is 2.39 bits per heavy atom. The average molecular weight is 297 g/mol. The summed E-state index contributed by atoms with van der Waals surface area (Å²) in [6.45, 7) is -0.264. The van der Waals surface area contributed by atoms with Gasteiger partial charge in [0.2, 0.25) is 13.6 Å². The lowest BCUT2D eigenvalue weighted by Gasteiger charge is -2.35. The van der Waals surface area contributed by atoms with Crippen LogP contribution in [-0.2, 0) is 15.7 Å². The van der Waals surface area contributed by atoms with E-state index in [0.29, 0.717) is 6.66 Å². The summed E-state index contributed by atoms with van der Waals surface area (Å²) in [5.41, 5.74) is 0. The summed E-state index contributed by atoms with van der Waals surface area (Å²) in [6, 6.07) is 2.62. The number of aromatic hydroxyl groups is 1. The quantitative estimate of drug-likeness (QED) is 0.402. The molecule has 8 nitrogen and oxygen atoms in total. The number of nitrogens with zero attached hydrogens (tertiary/aromatic N) is 1. The van der Waals surface area contributed by atoms with Crippen LogP contribution in [0, 0.1) is 0 Å². The third-order valence-corrected chi connectivity index (χ3v) is 6.74. The van der Waals surface area contributed by atoms with Gasteiger partial charge < -0.3 is 29.5 Å². The minimum atomic E-state index is -5.50. The van der Waals surface area contributed by atoms with Crippen molar-refractivity contribution in [2.75, 3.05) is 6.66 Å². The van der Waals surface area contributed by atoms with Gasteiger partial charge in [0.15, 0.2) is 26.1 Å². The van der Waals surface area contributed by atoms with Crippen LogP contribution in [0.25, 0.3) is 0 Å². The molecule has 1 aromatic rings. The molecule has 0 aromatic carbocycles. The van der Waals surface area contributed by atoms with Crippen LogP contribution in [0.3, 0.4) is 0 Å². The minimum Gasteiger partial charge on any atom is -0.776 e. The molecule has 0 bridgehead atoms. The molecule has 18 heavy (non-hydrogen) atoms. The van der Waals surface area contributed by atoms with E-state index in [1.54, 1.807) is 0 Å². The first kappa shape index (κ1) is 15.3. The molecule has 0 aliphatic rings. The van der Waals surface area contributed by atoms with Crippen molar-refractivity contribution in [3.05, 3.63) is 24.5 Å². The van der Waals surface area contributed by atoms with Crippen molar-refractivity contribution in [2.45, 2.75) is 11.6 Å². The highest BCUT2D eigenvalue weighted by molar-refractivity contribution is 7.74. The van der Waals surface area contributed by atoms with E-state index in [0.717, 1.165) is 10.8 Å². The van der Waals surface area contributed by atoms with E-state index >= 15 is 0 Å². The van der Waals surface area contributed by atoms with Crippen LogP contribution in [0.2, 0.25) is 0 Å². The molecule has 1 heterocycles. The highest BCUT2D eigenvalue weighted by atomic mass is 31.2. The molecule has 0 aliphatic heterocycles. The first-order valence-corrected chi connectivity index (χ1v) is 8.40. The van der Waals surface area contributed by atoms with Crippen molar-refractivity contribution in [1.82, 2.24) is 0 Å². The first-order valence-electron chi connectivity index (χ1n) is 4.72. The molecule has 4 N–H and O–H groups in total. The highest BCUT2D eigenvalue weighted by Crippen LogP contribution is 2.65. The zero-order chi connectivity index (χ0) is 14.2. The van der Waals surface area contributed by atoms with Crippen LogP contribution in [0.5, 0.6) is 5.75 Å². The average Bonchev–Trinajstić information content (AvgIpc) is 2.13. The molecular weight excluding hydrogens is 284 g/mol. The van der Waals surface area contributed by atoms with Gasteiger partial charge in [-0.1, -0.05) is 0 Å². The molecule has 0 saturated heterocycles. The third-order valence-electron chi connectivity index (χ3n) is 2.35. The molecule has 0 fully saturated rings. The lowest BCUT2D eigenvalue weighted by atomic mass is 10.4. The number of aliphatic hydroxyl groups is 1. The first-order chi connectivity index (χ1) is 7.97. The van der Waals surface area contributed by atoms with Crippen molar-refractivity contribution in [3.8, 4) is 5.75 Å². The minimum absolute atomic E-state index is 0.234. The van der Waals surface area contributed by atoms with Gasteiger partial charge in [-0.25, -0.2) is 0 Å². The number of pyridine rings is 1. The smallest absolute Gasteiger partial charge is 0.263 e. The normalized spacial score (nSPS) is 21.6. The van der Waals surface area contributed by atoms with Gasteiger partial charge in [0, 0.05) is 12.7 Å². The Bertz CT molecular complexity index is 512. The van der Waals surface area contributed by atoms with Gasteiger partial charge >= 0.3 is 0 Å². The summed E-state index contributed by atoms with van der Waals surface area (Å²) < 4.78 is 23.6. The van der Waals surface area contributed by atoms with Crippen LogP contribution < -0.4 is 9.46 Å². The van der Waals surface area contributed by atoms with Crippen molar-refractivity contribution in [3.63, 3.8) is 0 Å². The molecular formula is C8H13NO7P2. The second-order valence-corrected chi connectivity index (χ2v) is 8.54. The lowest BCUT2D eigenvalue weighted by molar-refractivity contribution is -0.704. The monoisotopic (exact) mass is 297 g/mol. The summed E-state index contributed by atoms with van der Waals surface area (Å²) in [5.74, 6) is -0.234. The van der Waals surface area contributed by atoms with E-state index in [2.05, 4.69) is 0 Å². The summed E-state index contributed by atoms with van der Waals surface area (Å²) in [4.78, 5) is 29.4. The maximum atomic E-state index is 11.5. The zero-order valence-corrected chi connectivity index (χ0v) is 11.2. The van der Waals surface area contributed by atoms with Crippen molar-refractivity contribution < 1.29 is 38.6 Å². The molecule has 10 heteroatoms. The van der Waals surface area contributed by atoms with E-state index in [1.165, 1.54) is 18.3 Å². The fourth-order valence-corrected chi connectivity index (χ4v) is 3.95. The number of aromatic nitrogens is 1. The summed E-state index contributed by atoms with van der Waals surface area (Å²) in [6.07, 6.45) is 2.30. The maximum Gasteiger partial charge on any atom is 0.263 e. The van der Waals surface area contributed by atoms with Crippen LogP contribution in [-0.4, -0.2) is 31.7 Å². The van der Waals surface area contributed by atoms with E-state index < -0.39 is 26.6 Å². The Balaban J connectivity index is 3.25. The van der Waals surface area contributed by atoms with Gasteiger partial charge in [-0.2, -0.15) is 4.57 Å². The summed E-state index contributed by atoms with van der Waals surface area (Å²) in [7, 11) is -10.1. The SMILES string of the molecule is CP(=O)(O)C(O)(C[n+]1cccc(O)c1)P(=O)([O-])O. The zero-order valence-electron chi connectivity index (χ0n) is 9.37. The van der Waals surface area contributed by atoms with Crippen LogP contribution in [0.15, 0.2) is 24.5 Å². The topological polar surface area (TPSA) is 142 Å². The van der Waals surface area contributed by atoms with E-state index in [1.807, 2.05) is 0 Å². The van der Waals surface area contributed by atoms with Crippen molar-refractivity contribution in [2.24, 2.45) is 0 Å². The van der Waals surface area contributed by atoms with E-state index in [4.69, 9.17) is 4.89 Å². The molecule has 0 amide bonds. The molecule has 0 aliphatic carbocycles. The fourth-order valence-electron chi connectivity index (χ4n) is 1.31. The fraction of sp³-hybridized carbons (Fsp3) is 0.375. The van der Waals surface area contributed by atoms with Crippen LogP contribution >= 0.6 is 15.0 Å². The molecule has 3 unspecified atom stereocenters.